The summed E-state index contributed by atoms with van der Waals surface area (Å²) in [5.41, 5.74) is 6.00. The van der Waals surface area contributed by atoms with E-state index < -0.39 is 48.2 Å². The molecule has 2 aromatic heterocycles. The van der Waals surface area contributed by atoms with Gasteiger partial charge in [-0.2, -0.15) is 5.10 Å². The molecule has 18 nitrogen and oxygen atoms in total. The summed E-state index contributed by atoms with van der Waals surface area (Å²) in [7, 11) is 0. The number of carbonyl (C=O) groups excluding carboxylic acids is 6. The van der Waals surface area contributed by atoms with Crippen LogP contribution in [0.1, 0.15) is 93.9 Å². The molecule has 7 amide bonds. The van der Waals surface area contributed by atoms with E-state index in [1.54, 1.807) is 49.3 Å². The fourth-order valence-corrected chi connectivity index (χ4v) is 7.63. The van der Waals surface area contributed by atoms with Gasteiger partial charge in [0.25, 0.3) is 5.91 Å². The SMILES string of the molecule is CC(C)[C@H](NC(=O)CNC(=O)CCC(=O)O)C(=O)N[C@@H](C)C(=O)NCCCCCCN1N=C(c2ccc(NC(=O)N3Cc4ccncc4C3)cc2)CC(c2ccc3cccnc3c2)C1=O. The number of hydrogen-bond acceptors (Lipinski definition) is 10. The molecule has 2 aromatic carbocycles. The first-order valence-electron chi connectivity index (χ1n) is 21.9. The van der Waals surface area contributed by atoms with Gasteiger partial charge < -0.3 is 36.6 Å². The van der Waals surface area contributed by atoms with Crippen LogP contribution in [-0.2, 0) is 41.9 Å². The second-order valence-corrected chi connectivity index (χ2v) is 16.6. The minimum atomic E-state index is -1.13. The van der Waals surface area contributed by atoms with Crippen molar-refractivity contribution in [2.45, 2.75) is 96.8 Å². The molecule has 4 aromatic rings. The highest BCUT2D eigenvalue weighted by Crippen LogP contribution is 2.32. The molecule has 65 heavy (non-hydrogen) atoms. The van der Waals surface area contributed by atoms with Crippen molar-refractivity contribution in [3.8, 4) is 0 Å². The first kappa shape index (κ1) is 47.2. The first-order valence-corrected chi connectivity index (χ1v) is 21.9. The summed E-state index contributed by atoms with van der Waals surface area (Å²) < 4.78 is 0. The zero-order valence-corrected chi connectivity index (χ0v) is 36.8. The molecule has 1 unspecified atom stereocenters. The van der Waals surface area contributed by atoms with E-state index in [0.717, 1.165) is 51.7 Å². The van der Waals surface area contributed by atoms with Gasteiger partial charge >= 0.3 is 12.0 Å². The Morgan fingerprint density at radius 1 is 0.815 bits per heavy atom. The van der Waals surface area contributed by atoms with Crippen LogP contribution in [0.4, 0.5) is 10.5 Å². The third-order valence-electron chi connectivity index (χ3n) is 11.3. The van der Waals surface area contributed by atoms with Crippen LogP contribution in [0.2, 0.25) is 0 Å². The molecule has 4 heterocycles. The summed E-state index contributed by atoms with van der Waals surface area (Å²) >= 11 is 0. The van der Waals surface area contributed by atoms with Crippen LogP contribution in [0.3, 0.4) is 0 Å². The van der Waals surface area contributed by atoms with Crippen molar-refractivity contribution in [3.05, 3.63) is 102 Å². The van der Waals surface area contributed by atoms with E-state index in [0.29, 0.717) is 51.1 Å². The zero-order chi connectivity index (χ0) is 46.5. The van der Waals surface area contributed by atoms with Crippen molar-refractivity contribution in [2.75, 3.05) is 25.0 Å². The lowest BCUT2D eigenvalue weighted by Crippen LogP contribution is -2.55. The number of nitrogens with one attached hydrogen (secondary N) is 5. The van der Waals surface area contributed by atoms with Crippen molar-refractivity contribution < 1.29 is 38.7 Å². The quantitative estimate of drug-likeness (QED) is 0.0691. The number of hydrogen-bond donors (Lipinski definition) is 6. The van der Waals surface area contributed by atoms with E-state index >= 15 is 0 Å². The fraction of sp³-hybridized carbons (Fsp3) is 0.404. The molecule has 6 N–H and O–H groups in total. The number of carbonyl (C=O) groups is 7. The maximum atomic E-state index is 14.0. The monoisotopic (exact) mass is 888 g/mol. The van der Waals surface area contributed by atoms with E-state index in [-0.39, 0.29) is 36.6 Å². The number of rotatable bonds is 20. The lowest BCUT2D eigenvalue weighted by molar-refractivity contribution is -0.139. The smallest absolute Gasteiger partial charge is 0.322 e. The molecule has 0 radical (unpaired) electrons. The Hall–Kier alpha value is -7.24. The first-order chi connectivity index (χ1) is 31.2. The summed E-state index contributed by atoms with van der Waals surface area (Å²) in [6.45, 7) is 6.34. The van der Waals surface area contributed by atoms with Crippen molar-refractivity contribution >= 4 is 63.8 Å². The Labute approximate surface area is 377 Å². The Balaban J connectivity index is 0.981. The second-order valence-electron chi connectivity index (χ2n) is 16.6. The number of hydrazone groups is 1. The Kier molecular flexibility index (Phi) is 16.3. The predicted octanol–water partition coefficient (Wildman–Crippen LogP) is 4.20. The normalized spacial score (nSPS) is 15.4. The number of carboxylic acids is 1. The van der Waals surface area contributed by atoms with Gasteiger partial charge in [0.1, 0.15) is 12.1 Å². The van der Waals surface area contributed by atoms with Crippen LogP contribution in [0.5, 0.6) is 0 Å². The van der Waals surface area contributed by atoms with E-state index in [1.807, 2.05) is 60.7 Å². The summed E-state index contributed by atoms with van der Waals surface area (Å²) in [4.78, 5) is 98.3. The number of nitrogens with zero attached hydrogens (tertiary/aromatic N) is 5. The maximum absolute atomic E-state index is 14.0. The number of amides is 7. The van der Waals surface area contributed by atoms with E-state index in [1.165, 1.54) is 0 Å². The van der Waals surface area contributed by atoms with Crippen LogP contribution >= 0.6 is 0 Å². The lowest BCUT2D eigenvalue weighted by atomic mass is 9.88. The van der Waals surface area contributed by atoms with Crippen LogP contribution in [-0.4, -0.2) is 104 Å². The number of urea groups is 1. The van der Waals surface area contributed by atoms with Crippen LogP contribution in [0.25, 0.3) is 10.9 Å². The fourth-order valence-electron chi connectivity index (χ4n) is 7.63. The predicted molar refractivity (Wildman–Crippen MR) is 242 cm³/mol. The van der Waals surface area contributed by atoms with Gasteiger partial charge in [0, 0.05) is 68.7 Å². The molecule has 0 aliphatic carbocycles. The number of anilines is 1. The van der Waals surface area contributed by atoms with E-state index in [2.05, 4.69) is 36.6 Å². The molecule has 6 rings (SSSR count). The molecule has 0 saturated heterocycles. The summed E-state index contributed by atoms with van der Waals surface area (Å²) in [6, 6.07) is 17.1. The van der Waals surface area contributed by atoms with Crippen LogP contribution in [0.15, 0.2) is 84.4 Å². The van der Waals surface area contributed by atoms with E-state index in [9.17, 15) is 33.6 Å². The highest BCUT2D eigenvalue weighted by Gasteiger charge is 2.33. The number of benzene rings is 2. The van der Waals surface area contributed by atoms with E-state index in [4.69, 9.17) is 10.2 Å². The average Bonchev–Trinajstić information content (AvgIpc) is 3.74. The Bertz CT molecular complexity index is 2400. The van der Waals surface area contributed by atoms with Gasteiger partial charge in [0.05, 0.1) is 30.1 Å². The largest absolute Gasteiger partial charge is 0.481 e. The van der Waals surface area contributed by atoms with Crippen molar-refractivity contribution in [2.24, 2.45) is 11.0 Å². The molecular weight excluding hydrogens is 833 g/mol. The highest BCUT2D eigenvalue weighted by molar-refractivity contribution is 6.07. The van der Waals surface area contributed by atoms with Gasteiger partial charge in [0.15, 0.2) is 0 Å². The summed E-state index contributed by atoms with van der Waals surface area (Å²) in [6.07, 6.45) is 7.86. The Morgan fingerprint density at radius 3 is 2.34 bits per heavy atom. The molecule has 18 heteroatoms. The maximum Gasteiger partial charge on any atom is 0.322 e. The highest BCUT2D eigenvalue weighted by atomic mass is 16.4. The van der Waals surface area contributed by atoms with Crippen molar-refractivity contribution in [1.82, 2.24) is 41.1 Å². The molecule has 2 aliphatic rings. The minimum absolute atomic E-state index is 0.1000. The third-order valence-corrected chi connectivity index (χ3v) is 11.3. The second kappa shape index (κ2) is 22.4. The number of pyridine rings is 2. The molecule has 0 bridgehead atoms. The topological polar surface area (TPSA) is 244 Å². The number of unbranched alkanes of at least 4 members (excludes halogenated alkanes) is 3. The van der Waals surface area contributed by atoms with Gasteiger partial charge in [-0.25, -0.2) is 9.80 Å². The zero-order valence-electron chi connectivity index (χ0n) is 36.8. The average molecular weight is 889 g/mol. The van der Waals surface area contributed by atoms with Gasteiger partial charge in [-0.15, -0.1) is 0 Å². The molecule has 342 valence electrons. The molecule has 2 aliphatic heterocycles. The van der Waals surface area contributed by atoms with Gasteiger partial charge in [-0.3, -0.25) is 38.7 Å². The minimum Gasteiger partial charge on any atom is -0.481 e. The number of aromatic nitrogens is 2. The molecule has 0 saturated carbocycles. The number of carboxylic acid groups (broad SMARTS) is 1. The lowest BCUT2D eigenvalue weighted by Gasteiger charge is -2.30. The molecule has 3 atom stereocenters. The molecule has 0 spiro atoms. The molecular formula is C47H56N10O8. The standard InChI is InChI=1S/C47H56N10O8/c1-29(2)43(54-41(59)26-51-40(58)16-17-42(60)61)45(63)52-30(3)44(62)50-19-6-4-5-7-22-57-46(64)37(33-11-10-31-9-8-20-49-38(31)23-33)24-39(55-57)32-12-14-36(15-13-32)53-47(65)56-27-34-18-21-48-25-35(34)28-56/h8-15,18,20-21,23,25,29-30,37,43H,4-7,16-17,19,22,24,26-28H2,1-3H3,(H,50,62)(H,51,58)(H,52,63)(H,53,65)(H,54,59)(H,60,61)/t30-,37?,43-/m0/s1. The number of aliphatic carboxylic acids is 1. The van der Waals surface area contributed by atoms with Crippen molar-refractivity contribution in [3.63, 3.8) is 0 Å². The third kappa shape index (κ3) is 13.2. The number of fused-ring (bicyclic) bond motifs is 2. The summed E-state index contributed by atoms with van der Waals surface area (Å²) in [5, 5.41) is 29.5. The van der Waals surface area contributed by atoms with Crippen LogP contribution in [0, 0.1) is 5.92 Å². The van der Waals surface area contributed by atoms with Gasteiger partial charge in [0.2, 0.25) is 23.6 Å². The Morgan fingerprint density at radius 2 is 1.58 bits per heavy atom. The molecule has 0 fully saturated rings. The summed E-state index contributed by atoms with van der Waals surface area (Å²) in [5.74, 6) is -4.22. The van der Waals surface area contributed by atoms with Gasteiger partial charge in [-0.05, 0) is 78.3 Å². The van der Waals surface area contributed by atoms with Crippen LogP contribution < -0.4 is 26.6 Å². The van der Waals surface area contributed by atoms with Crippen molar-refractivity contribution in [1.29, 1.82) is 0 Å². The van der Waals surface area contributed by atoms with Gasteiger partial charge in [-0.1, -0.05) is 57.0 Å².